The number of halogens is 1. The Bertz CT molecular complexity index is 368. The van der Waals surface area contributed by atoms with Gasteiger partial charge in [-0.25, -0.2) is 0 Å². The molecule has 0 amide bonds. The smallest absolute Gasteiger partial charge is 0.103 e. The van der Waals surface area contributed by atoms with Crippen molar-refractivity contribution in [1.29, 1.82) is 5.26 Å². The van der Waals surface area contributed by atoms with E-state index in [0.29, 0.717) is 5.02 Å². The van der Waals surface area contributed by atoms with Gasteiger partial charge in [-0.15, -0.1) is 0 Å². The van der Waals surface area contributed by atoms with Gasteiger partial charge in [0.05, 0.1) is 17.3 Å². The summed E-state index contributed by atoms with van der Waals surface area (Å²) in [7, 11) is 0. The number of hydrogen-bond donors (Lipinski definition) is 1. The summed E-state index contributed by atoms with van der Waals surface area (Å²) >= 11 is 5.76. The fraction of sp³-hybridized carbons (Fsp3) is 0.636. The van der Waals surface area contributed by atoms with E-state index in [1.54, 1.807) is 17.1 Å². The van der Waals surface area contributed by atoms with Gasteiger partial charge < -0.3 is 0 Å². The molecule has 1 N–H and O–H groups in total. The number of aromatic nitrogens is 2. The monoisotopic (exact) mass is 240 g/mol. The quantitative estimate of drug-likeness (QED) is 0.830. The third-order valence-electron chi connectivity index (χ3n) is 2.48. The zero-order chi connectivity index (χ0) is 12.0. The lowest BCUT2D eigenvalue weighted by molar-refractivity contribution is 0.397. The molecule has 0 radical (unpaired) electrons. The first-order valence-electron chi connectivity index (χ1n) is 5.44. The molecule has 4 nitrogen and oxygen atoms in total. The van der Waals surface area contributed by atoms with Gasteiger partial charge in [0.25, 0.3) is 0 Å². The highest BCUT2D eigenvalue weighted by Crippen LogP contribution is 2.12. The highest BCUT2D eigenvalue weighted by Gasteiger charge is 2.21. The van der Waals surface area contributed by atoms with Crippen LogP contribution >= 0.6 is 11.6 Å². The maximum absolute atomic E-state index is 9.06. The van der Waals surface area contributed by atoms with Gasteiger partial charge in [-0.05, 0) is 26.3 Å². The summed E-state index contributed by atoms with van der Waals surface area (Å²) in [4.78, 5) is 0. The molecule has 0 bridgehead atoms. The summed E-state index contributed by atoms with van der Waals surface area (Å²) in [6.45, 7) is 5.52. The normalized spacial score (nSPS) is 14.4. The number of nitrogens with one attached hydrogen (secondary N) is 1. The van der Waals surface area contributed by atoms with Crippen molar-refractivity contribution in [3.05, 3.63) is 17.4 Å². The minimum atomic E-state index is -0.439. The molecule has 0 saturated carbocycles. The summed E-state index contributed by atoms with van der Waals surface area (Å²) in [6, 6.07) is 2.30. The lowest BCUT2D eigenvalue weighted by Crippen LogP contribution is -2.40. The Morgan fingerprint density at radius 2 is 2.44 bits per heavy atom. The fourth-order valence-electron chi connectivity index (χ4n) is 1.63. The van der Waals surface area contributed by atoms with Crippen molar-refractivity contribution in [2.24, 2.45) is 0 Å². The van der Waals surface area contributed by atoms with E-state index in [4.69, 9.17) is 16.9 Å². The van der Waals surface area contributed by atoms with E-state index in [-0.39, 0.29) is 0 Å². The molecule has 0 fully saturated rings. The molecule has 5 heteroatoms. The van der Waals surface area contributed by atoms with E-state index in [2.05, 4.69) is 16.5 Å². The largest absolute Gasteiger partial charge is 0.300 e. The van der Waals surface area contributed by atoms with Crippen LogP contribution < -0.4 is 5.32 Å². The molecule has 0 aromatic carbocycles. The molecule has 1 rings (SSSR count). The lowest BCUT2D eigenvalue weighted by Gasteiger charge is -2.22. The molecule has 0 spiro atoms. The van der Waals surface area contributed by atoms with Crippen molar-refractivity contribution >= 4 is 11.6 Å². The third-order valence-corrected chi connectivity index (χ3v) is 2.67. The summed E-state index contributed by atoms with van der Waals surface area (Å²) in [5.74, 6) is 0. The van der Waals surface area contributed by atoms with Crippen LogP contribution in [0.1, 0.15) is 26.7 Å². The predicted molar refractivity (Wildman–Crippen MR) is 64.2 cm³/mol. The predicted octanol–water partition coefficient (Wildman–Crippen LogP) is 2.21. The van der Waals surface area contributed by atoms with Crippen LogP contribution in [0.15, 0.2) is 12.4 Å². The Morgan fingerprint density at radius 1 is 1.69 bits per heavy atom. The first-order chi connectivity index (χ1) is 7.59. The van der Waals surface area contributed by atoms with Crippen molar-refractivity contribution in [1.82, 2.24) is 15.1 Å². The zero-order valence-electron chi connectivity index (χ0n) is 9.70. The van der Waals surface area contributed by atoms with Gasteiger partial charge in [0.1, 0.15) is 5.54 Å². The molecule has 88 valence electrons. The molecular weight excluding hydrogens is 224 g/mol. The standard InChI is InChI=1S/C11H17ClN4/c1-3-14-11(2,9-13)5-4-6-16-8-10(12)7-15-16/h7-8,14H,3-6H2,1-2H3. The van der Waals surface area contributed by atoms with Gasteiger partial charge in [-0.1, -0.05) is 18.5 Å². The minimum Gasteiger partial charge on any atom is -0.300 e. The van der Waals surface area contributed by atoms with E-state index in [9.17, 15) is 0 Å². The van der Waals surface area contributed by atoms with Crippen LogP contribution in [0.25, 0.3) is 0 Å². The van der Waals surface area contributed by atoms with E-state index >= 15 is 0 Å². The Kier molecular flexibility index (Phi) is 4.78. The van der Waals surface area contributed by atoms with Gasteiger partial charge in [0, 0.05) is 12.7 Å². The van der Waals surface area contributed by atoms with Crippen LogP contribution in [0, 0.1) is 11.3 Å². The number of hydrogen-bond acceptors (Lipinski definition) is 3. The van der Waals surface area contributed by atoms with E-state index in [1.165, 1.54) is 0 Å². The van der Waals surface area contributed by atoms with Crippen molar-refractivity contribution in [2.45, 2.75) is 38.8 Å². The van der Waals surface area contributed by atoms with Crippen LogP contribution in [0.5, 0.6) is 0 Å². The Morgan fingerprint density at radius 3 is 2.94 bits per heavy atom. The average Bonchev–Trinajstić information content (AvgIpc) is 2.65. The highest BCUT2D eigenvalue weighted by atomic mass is 35.5. The first-order valence-corrected chi connectivity index (χ1v) is 5.81. The molecule has 0 saturated heterocycles. The molecule has 0 aliphatic rings. The number of nitriles is 1. The number of nitrogens with zero attached hydrogens (tertiary/aromatic N) is 3. The molecule has 0 aliphatic heterocycles. The molecule has 16 heavy (non-hydrogen) atoms. The average molecular weight is 241 g/mol. The maximum Gasteiger partial charge on any atom is 0.103 e. The zero-order valence-corrected chi connectivity index (χ0v) is 10.5. The Balaban J connectivity index is 2.37. The third kappa shape index (κ3) is 3.84. The Hall–Kier alpha value is -1.05. The minimum absolute atomic E-state index is 0.439. The molecule has 1 aromatic heterocycles. The second kappa shape index (κ2) is 5.88. The van der Waals surface area contributed by atoms with Crippen LogP contribution in [-0.2, 0) is 6.54 Å². The van der Waals surface area contributed by atoms with Crippen molar-refractivity contribution in [3.8, 4) is 6.07 Å². The topological polar surface area (TPSA) is 53.6 Å². The van der Waals surface area contributed by atoms with E-state index < -0.39 is 5.54 Å². The second-order valence-electron chi connectivity index (χ2n) is 4.00. The fourth-order valence-corrected chi connectivity index (χ4v) is 1.79. The number of rotatable bonds is 6. The number of aryl methyl sites for hydroxylation is 1. The van der Waals surface area contributed by atoms with Crippen LogP contribution in [0.2, 0.25) is 5.02 Å². The molecule has 0 aliphatic carbocycles. The highest BCUT2D eigenvalue weighted by molar-refractivity contribution is 6.30. The van der Waals surface area contributed by atoms with Crippen LogP contribution in [-0.4, -0.2) is 21.9 Å². The molecule has 1 aromatic rings. The molecule has 1 heterocycles. The van der Waals surface area contributed by atoms with E-state index in [0.717, 1.165) is 25.9 Å². The van der Waals surface area contributed by atoms with Gasteiger partial charge in [-0.2, -0.15) is 10.4 Å². The molecule has 1 atom stereocenters. The first kappa shape index (κ1) is 13.0. The van der Waals surface area contributed by atoms with Gasteiger partial charge in [0.15, 0.2) is 0 Å². The van der Waals surface area contributed by atoms with Gasteiger partial charge in [0.2, 0.25) is 0 Å². The van der Waals surface area contributed by atoms with Crippen molar-refractivity contribution in [3.63, 3.8) is 0 Å². The van der Waals surface area contributed by atoms with Crippen LogP contribution in [0.3, 0.4) is 0 Å². The Labute approximate surface area is 101 Å². The van der Waals surface area contributed by atoms with Crippen molar-refractivity contribution in [2.75, 3.05) is 6.54 Å². The van der Waals surface area contributed by atoms with Gasteiger partial charge in [-0.3, -0.25) is 10.00 Å². The van der Waals surface area contributed by atoms with Gasteiger partial charge >= 0.3 is 0 Å². The summed E-state index contributed by atoms with van der Waals surface area (Å²) in [5.41, 5.74) is -0.439. The summed E-state index contributed by atoms with van der Waals surface area (Å²) in [5, 5.41) is 17.0. The van der Waals surface area contributed by atoms with Crippen LogP contribution in [0.4, 0.5) is 0 Å². The SMILES string of the molecule is CCNC(C)(C#N)CCCn1cc(Cl)cn1. The van der Waals surface area contributed by atoms with E-state index in [1.807, 2.05) is 13.8 Å². The maximum atomic E-state index is 9.06. The lowest BCUT2D eigenvalue weighted by atomic mass is 9.98. The summed E-state index contributed by atoms with van der Waals surface area (Å²) < 4.78 is 1.80. The molecule has 1 unspecified atom stereocenters. The summed E-state index contributed by atoms with van der Waals surface area (Å²) in [6.07, 6.45) is 5.11. The molecular formula is C11H17ClN4. The second-order valence-corrected chi connectivity index (χ2v) is 4.44. The van der Waals surface area contributed by atoms with Crippen molar-refractivity contribution < 1.29 is 0 Å².